The molecule has 7 heteroatoms. The van der Waals surface area contributed by atoms with Crippen LogP contribution in [0, 0.1) is 0 Å². The van der Waals surface area contributed by atoms with Gasteiger partial charge in [-0.2, -0.15) is 0 Å². The average Bonchev–Trinajstić information content (AvgIpc) is 2.55. The molecule has 0 atom stereocenters. The number of nitrogens with one attached hydrogen (secondary N) is 2. The highest BCUT2D eigenvalue weighted by Crippen LogP contribution is 2.17. The number of amides is 1. The Labute approximate surface area is 153 Å². The molecule has 0 saturated carbocycles. The zero-order valence-electron chi connectivity index (χ0n) is 14.9. The summed E-state index contributed by atoms with van der Waals surface area (Å²) in [6.07, 6.45) is 0.234. The highest BCUT2D eigenvalue weighted by molar-refractivity contribution is 7.92. The van der Waals surface area contributed by atoms with Crippen LogP contribution in [0.3, 0.4) is 0 Å². The fourth-order valence-electron chi connectivity index (χ4n) is 2.33. The molecule has 0 saturated heterocycles. The summed E-state index contributed by atoms with van der Waals surface area (Å²) < 4.78 is 27.3. The van der Waals surface area contributed by atoms with Crippen LogP contribution in [0.15, 0.2) is 53.4 Å². The second-order valence-corrected chi connectivity index (χ2v) is 7.96. The second-order valence-electron chi connectivity index (χ2n) is 6.28. The molecule has 2 aromatic carbocycles. The quantitative estimate of drug-likeness (QED) is 0.729. The van der Waals surface area contributed by atoms with Crippen LogP contribution in [-0.4, -0.2) is 26.2 Å². The Kier molecular flexibility index (Phi) is 6.15. The van der Waals surface area contributed by atoms with Crippen molar-refractivity contribution in [3.8, 4) is 0 Å². The van der Waals surface area contributed by atoms with Crippen LogP contribution in [0.5, 0.6) is 0 Å². The lowest BCUT2D eigenvalue weighted by molar-refractivity contribution is -0.120. The van der Waals surface area contributed by atoms with E-state index in [0.29, 0.717) is 11.3 Å². The first-order chi connectivity index (χ1) is 12.2. The van der Waals surface area contributed by atoms with Gasteiger partial charge in [0, 0.05) is 17.3 Å². The van der Waals surface area contributed by atoms with Gasteiger partial charge in [-0.1, -0.05) is 24.3 Å². The number of carbonyl (C=O) groups is 2. The summed E-state index contributed by atoms with van der Waals surface area (Å²) in [6.45, 7) is 5.20. The van der Waals surface area contributed by atoms with E-state index in [2.05, 4.69) is 10.0 Å². The first-order valence-corrected chi connectivity index (χ1v) is 9.68. The zero-order valence-corrected chi connectivity index (χ0v) is 15.8. The topological polar surface area (TPSA) is 92.3 Å². The van der Waals surface area contributed by atoms with Crippen molar-refractivity contribution in [3.05, 3.63) is 59.7 Å². The number of sulfonamides is 1. The van der Waals surface area contributed by atoms with Crippen LogP contribution in [0.1, 0.15) is 36.7 Å². The molecule has 6 nitrogen and oxygen atoms in total. The number of hydrogen-bond acceptors (Lipinski definition) is 4. The summed E-state index contributed by atoms with van der Waals surface area (Å²) in [6, 6.07) is 12.4. The highest BCUT2D eigenvalue weighted by Gasteiger charge is 2.15. The van der Waals surface area contributed by atoms with E-state index in [4.69, 9.17) is 0 Å². The molecule has 0 fully saturated rings. The Balaban J connectivity index is 2.07. The van der Waals surface area contributed by atoms with E-state index in [1.165, 1.54) is 31.2 Å². The van der Waals surface area contributed by atoms with Gasteiger partial charge in [0.15, 0.2) is 5.78 Å². The molecule has 138 valence electrons. The first kappa shape index (κ1) is 19.7. The fourth-order valence-corrected chi connectivity index (χ4v) is 3.39. The van der Waals surface area contributed by atoms with Crippen LogP contribution in [0.4, 0.5) is 5.69 Å². The number of carbonyl (C=O) groups excluding carboxylic acids is 2. The van der Waals surface area contributed by atoms with Gasteiger partial charge in [-0.3, -0.25) is 14.3 Å². The SMILES string of the molecule is CC(=O)c1ccc(S(=O)(=O)Nc2ccc(CC(=O)NC(C)C)cc2)cc1. The molecule has 0 aliphatic carbocycles. The summed E-state index contributed by atoms with van der Waals surface area (Å²) in [5, 5.41) is 2.80. The highest BCUT2D eigenvalue weighted by atomic mass is 32.2. The summed E-state index contributed by atoms with van der Waals surface area (Å²) in [5.41, 5.74) is 1.64. The minimum absolute atomic E-state index is 0.0721. The summed E-state index contributed by atoms with van der Waals surface area (Å²) in [4.78, 5) is 23.1. The molecule has 2 aromatic rings. The van der Waals surface area contributed by atoms with E-state index in [9.17, 15) is 18.0 Å². The molecule has 1 amide bonds. The molecule has 0 spiro atoms. The monoisotopic (exact) mass is 374 g/mol. The molecule has 0 unspecified atom stereocenters. The third-order valence-electron chi connectivity index (χ3n) is 3.59. The molecular formula is C19H22N2O4S. The lowest BCUT2D eigenvalue weighted by atomic mass is 10.1. The van der Waals surface area contributed by atoms with Gasteiger partial charge < -0.3 is 5.32 Å². The predicted molar refractivity (Wildman–Crippen MR) is 101 cm³/mol. The van der Waals surface area contributed by atoms with E-state index in [1.807, 2.05) is 13.8 Å². The van der Waals surface area contributed by atoms with E-state index >= 15 is 0 Å². The largest absolute Gasteiger partial charge is 0.354 e. The Morgan fingerprint density at radius 3 is 2.04 bits per heavy atom. The van der Waals surface area contributed by atoms with Crippen LogP contribution in [0.2, 0.25) is 0 Å². The van der Waals surface area contributed by atoms with Crippen molar-refractivity contribution in [2.24, 2.45) is 0 Å². The van der Waals surface area contributed by atoms with Crippen LogP contribution < -0.4 is 10.0 Å². The standard InChI is InChI=1S/C19H22N2O4S/c1-13(2)20-19(23)12-15-4-8-17(9-5-15)21-26(24,25)18-10-6-16(7-11-18)14(3)22/h4-11,13,21H,12H2,1-3H3,(H,20,23). The Morgan fingerprint density at radius 1 is 0.962 bits per heavy atom. The van der Waals surface area contributed by atoms with Gasteiger partial charge in [-0.25, -0.2) is 8.42 Å². The number of rotatable bonds is 7. The van der Waals surface area contributed by atoms with Crippen molar-refractivity contribution >= 4 is 27.4 Å². The third-order valence-corrected chi connectivity index (χ3v) is 4.99. The van der Waals surface area contributed by atoms with Crippen molar-refractivity contribution < 1.29 is 18.0 Å². The molecule has 2 rings (SSSR count). The van der Waals surface area contributed by atoms with E-state index < -0.39 is 10.0 Å². The molecule has 26 heavy (non-hydrogen) atoms. The van der Waals surface area contributed by atoms with Crippen molar-refractivity contribution in [1.29, 1.82) is 0 Å². The van der Waals surface area contributed by atoms with Gasteiger partial charge in [-0.15, -0.1) is 0 Å². The lowest BCUT2D eigenvalue weighted by Crippen LogP contribution is -2.31. The normalized spacial score (nSPS) is 11.2. The van der Waals surface area contributed by atoms with Crippen molar-refractivity contribution in [2.45, 2.75) is 38.1 Å². The smallest absolute Gasteiger partial charge is 0.261 e. The van der Waals surface area contributed by atoms with Crippen LogP contribution in [0.25, 0.3) is 0 Å². The van der Waals surface area contributed by atoms with Gasteiger partial charge in [0.1, 0.15) is 0 Å². The number of hydrogen-bond donors (Lipinski definition) is 2. The fraction of sp³-hybridized carbons (Fsp3) is 0.263. The lowest BCUT2D eigenvalue weighted by Gasteiger charge is -2.10. The molecule has 0 heterocycles. The number of anilines is 1. The van der Waals surface area contributed by atoms with Gasteiger partial charge in [0.25, 0.3) is 10.0 Å². The van der Waals surface area contributed by atoms with E-state index in [1.54, 1.807) is 24.3 Å². The predicted octanol–water partition coefficient (Wildman–Crippen LogP) is 2.76. The molecular weight excluding hydrogens is 352 g/mol. The molecule has 0 aromatic heterocycles. The third kappa shape index (κ3) is 5.42. The minimum atomic E-state index is -3.75. The summed E-state index contributed by atoms with van der Waals surface area (Å²) in [7, 11) is -3.75. The number of Topliss-reactive ketones (excluding diaryl/α,β-unsaturated/α-hetero) is 1. The maximum atomic E-state index is 12.4. The van der Waals surface area contributed by atoms with Gasteiger partial charge in [-0.05, 0) is 50.6 Å². The Bertz CT molecular complexity index is 886. The minimum Gasteiger partial charge on any atom is -0.354 e. The van der Waals surface area contributed by atoms with Crippen molar-refractivity contribution in [3.63, 3.8) is 0 Å². The Morgan fingerprint density at radius 2 is 1.54 bits per heavy atom. The molecule has 0 aliphatic heterocycles. The van der Waals surface area contributed by atoms with Crippen molar-refractivity contribution in [1.82, 2.24) is 5.32 Å². The van der Waals surface area contributed by atoms with Gasteiger partial charge in [0.2, 0.25) is 5.91 Å². The molecule has 2 N–H and O–H groups in total. The molecule has 0 radical (unpaired) electrons. The maximum Gasteiger partial charge on any atom is 0.261 e. The van der Waals surface area contributed by atoms with E-state index in [0.717, 1.165) is 5.56 Å². The first-order valence-electron chi connectivity index (χ1n) is 8.19. The summed E-state index contributed by atoms with van der Waals surface area (Å²) in [5.74, 6) is -0.210. The van der Waals surface area contributed by atoms with Crippen LogP contribution >= 0.6 is 0 Å². The molecule has 0 bridgehead atoms. The Hall–Kier alpha value is -2.67. The molecule has 0 aliphatic rings. The zero-order chi connectivity index (χ0) is 19.3. The van der Waals surface area contributed by atoms with Crippen LogP contribution in [-0.2, 0) is 21.2 Å². The van der Waals surface area contributed by atoms with Gasteiger partial charge >= 0.3 is 0 Å². The second kappa shape index (κ2) is 8.14. The number of benzene rings is 2. The van der Waals surface area contributed by atoms with Crippen molar-refractivity contribution in [2.75, 3.05) is 4.72 Å². The van der Waals surface area contributed by atoms with Gasteiger partial charge in [0.05, 0.1) is 11.3 Å². The average molecular weight is 374 g/mol. The number of ketones is 1. The maximum absolute atomic E-state index is 12.4. The van der Waals surface area contributed by atoms with E-state index in [-0.39, 0.29) is 29.0 Å². The summed E-state index contributed by atoms with van der Waals surface area (Å²) >= 11 is 0.